The van der Waals surface area contributed by atoms with Crippen LogP contribution in [0.1, 0.15) is 36.2 Å². The largest absolute Gasteiger partial charge is 0.508 e. The maximum atomic E-state index is 12.9. The molecule has 0 radical (unpaired) electrons. The lowest BCUT2D eigenvalue weighted by Crippen LogP contribution is -2.49. The van der Waals surface area contributed by atoms with E-state index >= 15 is 0 Å². The van der Waals surface area contributed by atoms with Crippen molar-refractivity contribution in [2.45, 2.75) is 31.7 Å². The van der Waals surface area contributed by atoms with Crippen LogP contribution in [-0.4, -0.2) is 63.2 Å². The van der Waals surface area contributed by atoms with Crippen LogP contribution in [0, 0.1) is 0 Å². The molecule has 0 bridgehead atoms. The Labute approximate surface area is 147 Å². The SMILES string of the molecule is O=C(c1cc(-c2ccc(O)cc2)n[nH]1)N1CCC[C@H](N2CCCC2)C1. The number of rotatable bonds is 3. The predicted octanol–water partition coefficient (Wildman–Crippen LogP) is 2.48. The Hall–Kier alpha value is -2.34. The van der Waals surface area contributed by atoms with Gasteiger partial charge in [0.2, 0.25) is 0 Å². The molecule has 25 heavy (non-hydrogen) atoms. The van der Waals surface area contributed by atoms with Crippen LogP contribution in [0.15, 0.2) is 30.3 Å². The molecule has 1 aromatic carbocycles. The summed E-state index contributed by atoms with van der Waals surface area (Å²) in [6.45, 7) is 3.96. The molecular formula is C19H24N4O2. The summed E-state index contributed by atoms with van der Waals surface area (Å²) in [4.78, 5) is 17.3. The number of phenolic OH excluding ortho intramolecular Hbond substituents is 1. The lowest BCUT2D eigenvalue weighted by atomic mass is 10.0. The summed E-state index contributed by atoms with van der Waals surface area (Å²) in [6, 6.07) is 9.13. The Balaban J connectivity index is 1.46. The van der Waals surface area contributed by atoms with Crippen LogP contribution in [0.3, 0.4) is 0 Å². The Morgan fingerprint density at radius 1 is 1.12 bits per heavy atom. The number of hydrogen-bond acceptors (Lipinski definition) is 4. The number of hydrogen-bond donors (Lipinski definition) is 2. The minimum atomic E-state index is 0.0291. The number of aromatic nitrogens is 2. The van der Waals surface area contributed by atoms with Crippen LogP contribution in [0.4, 0.5) is 0 Å². The summed E-state index contributed by atoms with van der Waals surface area (Å²) in [5, 5.41) is 16.5. The molecule has 6 heteroatoms. The quantitative estimate of drug-likeness (QED) is 0.900. The van der Waals surface area contributed by atoms with Gasteiger partial charge in [0.25, 0.3) is 5.91 Å². The summed E-state index contributed by atoms with van der Waals surface area (Å²) >= 11 is 0. The topological polar surface area (TPSA) is 72.5 Å². The highest BCUT2D eigenvalue weighted by atomic mass is 16.3. The van der Waals surface area contributed by atoms with E-state index in [1.54, 1.807) is 30.3 Å². The lowest BCUT2D eigenvalue weighted by Gasteiger charge is -2.37. The van der Waals surface area contributed by atoms with E-state index in [9.17, 15) is 9.90 Å². The van der Waals surface area contributed by atoms with E-state index in [0.717, 1.165) is 30.8 Å². The normalized spacial score (nSPS) is 21.6. The molecule has 4 rings (SSSR count). The zero-order valence-corrected chi connectivity index (χ0v) is 14.3. The maximum Gasteiger partial charge on any atom is 0.271 e. The second-order valence-electron chi connectivity index (χ2n) is 7.00. The maximum absolute atomic E-state index is 12.9. The van der Waals surface area contributed by atoms with E-state index in [1.165, 1.54) is 32.4 Å². The second-order valence-corrected chi connectivity index (χ2v) is 7.00. The molecule has 2 N–H and O–H groups in total. The number of carbonyl (C=O) groups excluding carboxylic acids is 1. The highest BCUT2D eigenvalue weighted by Crippen LogP contribution is 2.24. The average Bonchev–Trinajstić information content (AvgIpc) is 3.34. The minimum Gasteiger partial charge on any atom is -0.508 e. The number of likely N-dealkylation sites (tertiary alicyclic amines) is 2. The number of nitrogens with zero attached hydrogens (tertiary/aromatic N) is 3. The first-order valence-corrected chi connectivity index (χ1v) is 9.09. The first-order chi connectivity index (χ1) is 12.2. The predicted molar refractivity (Wildman–Crippen MR) is 95.4 cm³/mol. The standard InChI is InChI=1S/C19H24N4O2/c24-16-7-5-14(6-8-16)17-12-18(21-20-17)19(25)23-11-3-4-15(13-23)22-9-1-2-10-22/h5-8,12,15,24H,1-4,9-11,13H2,(H,20,21)/t15-/m0/s1. The van der Waals surface area contributed by atoms with E-state index in [2.05, 4.69) is 15.1 Å². The van der Waals surface area contributed by atoms with Crippen molar-refractivity contribution < 1.29 is 9.90 Å². The fraction of sp³-hybridized carbons (Fsp3) is 0.474. The first-order valence-electron chi connectivity index (χ1n) is 9.09. The molecule has 2 saturated heterocycles. The monoisotopic (exact) mass is 340 g/mol. The number of aromatic amines is 1. The molecule has 132 valence electrons. The summed E-state index contributed by atoms with van der Waals surface area (Å²) < 4.78 is 0. The van der Waals surface area contributed by atoms with Crippen LogP contribution in [0.2, 0.25) is 0 Å². The molecule has 2 aromatic rings. The third kappa shape index (κ3) is 3.39. The van der Waals surface area contributed by atoms with Gasteiger partial charge in [-0.15, -0.1) is 0 Å². The fourth-order valence-corrected chi connectivity index (χ4v) is 3.93. The Bertz CT molecular complexity index is 734. The van der Waals surface area contributed by atoms with Gasteiger partial charge in [-0.1, -0.05) is 0 Å². The van der Waals surface area contributed by atoms with Crippen molar-refractivity contribution in [2.24, 2.45) is 0 Å². The summed E-state index contributed by atoms with van der Waals surface area (Å²) in [7, 11) is 0. The van der Waals surface area contributed by atoms with Gasteiger partial charge in [0, 0.05) is 24.7 Å². The van der Waals surface area contributed by atoms with Crippen LogP contribution < -0.4 is 0 Å². The number of benzene rings is 1. The van der Waals surface area contributed by atoms with Crippen molar-refractivity contribution in [1.29, 1.82) is 0 Å². The van der Waals surface area contributed by atoms with Crippen LogP contribution in [0.5, 0.6) is 5.75 Å². The molecule has 0 aliphatic carbocycles. The number of H-pyrrole nitrogens is 1. The van der Waals surface area contributed by atoms with Gasteiger partial charge in [-0.05, 0) is 69.1 Å². The van der Waals surface area contributed by atoms with Gasteiger partial charge in [-0.2, -0.15) is 5.10 Å². The van der Waals surface area contributed by atoms with E-state index in [0.29, 0.717) is 11.7 Å². The van der Waals surface area contributed by atoms with Crippen molar-refractivity contribution in [3.05, 3.63) is 36.0 Å². The van der Waals surface area contributed by atoms with Gasteiger partial charge in [0.15, 0.2) is 0 Å². The molecule has 1 atom stereocenters. The van der Waals surface area contributed by atoms with E-state index < -0.39 is 0 Å². The van der Waals surface area contributed by atoms with Gasteiger partial charge in [0.05, 0.1) is 5.69 Å². The number of aromatic hydroxyl groups is 1. The van der Waals surface area contributed by atoms with Crippen LogP contribution in [-0.2, 0) is 0 Å². The number of nitrogens with one attached hydrogen (secondary N) is 1. The molecule has 3 heterocycles. The average molecular weight is 340 g/mol. The van der Waals surface area contributed by atoms with Crippen molar-refractivity contribution in [3.63, 3.8) is 0 Å². The summed E-state index contributed by atoms with van der Waals surface area (Å²) in [5.74, 6) is 0.248. The lowest BCUT2D eigenvalue weighted by molar-refractivity contribution is 0.0602. The third-order valence-corrected chi connectivity index (χ3v) is 5.31. The Morgan fingerprint density at radius 3 is 2.64 bits per heavy atom. The highest BCUT2D eigenvalue weighted by Gasteiger charge is 2.30. The van der Waals surface area contributed by atoms with Gasteiger partial charge < -0.3 is 10.0 Å². The molecule has 0 saturated carbocycles. The summed E-state index contributed by atoms with van der Waals surface area (Å²) in [6.07, 6.45) is 4.80. The smallest absolute Gasteiger partial charge is 0.271 e. The minimum absolute atomic E-state index is 0.0291. The van der Waals surface area contributed by atoms with Crippen molar-refractivity contribution in [2.75, 3.05) is 26.2 Å². The van der Waals surface area contributed by atoms with E-state index in [4.69, 9.17) is 0 Å². The molecule has 0 unspecified atom stereocenters. The summed E-state index contributed by atoms with van der Waals surface area (Å²) in [5.41, 5.74) is 2.13. The molecule has 0 spiro atoms. The van der Waals surface area contributed by atoms with Gasteiger partial charge in [-0.3, -0.25) is 14.8 Å². The van der Waals surface area contributed by atoms with Gasteiger partial charge in [0.1, 0.15) is 11.4 Å². The van der Waals surface area contributed by atoms with Crippen molar-refractivity contribution >= 4 is 5.91 Å². The number of piperidine rings is 1. The van der Waals surface area contributed by atoms with E-state index in [-0.39, 0.29) is 11.7 Å². The molecule has 2 aliphatic heterocycles. The van der Waals surface area contributed by atoms with E-state index in [1.807, 2.05) is 4.90 Å². The zero-order chi connectivity index (χ0) is 17.2. The third-order valence-electron chi connectivity index (χ3n) is 5.31. The number of phenols is 1. The fourth-order valence-electron chi connectivity index (χ4n) is 3.93. The molecule has 2 fully saturated rings. The second kappa shape index (κ2) is 6.88. The zero-order valence-electron chi connectivity index (χ0n) is 14.3. The van der Waals surface area contributed by atoms with Crippen LogP contribution >= 0.6 is 0 Å². The number of amides is 1. The Morgan fingerprint density at radius 2 is 1.88 bits per heavy atom. The first kappa shape index (κ1) is 16.1. The molecular weight excluding hydrogens is 316 g/mol. The molecule has 1 amide bonds. The highest BCUT2D eigenvalue weighted by molar-refractivity contribution is 5.93. The van der Waals surface area contributed by atoms with Crippen molar-refractivity contribution in [3.8, 4) is 17.0 Å². The van der Waals surface area contributed by atoms with Crippen LogP contribution in [0.25, 0.3) is 11.3 Å². The van der Waals surface area contributed by atoms with Gasteiger partial charge in [-0.25, -0.2) is 0 Å². The Kier molecular flexibility index (Phi) is 4.44. The molecule has 6 nitrogen and oxygen atoms in total. The van der Waals surface area contributed by atoms with Crippen molar-refractivity contribution in [1.82, 2.24) is 20.0 Å². The number of carbonyl (C=O) groups is 1. The molecule has 1 aromatic heterocycles. The molecule has 2 aliphatic rings. The van der Waals surface area contributed by atoms with Gasteiger partial charge >= 0.3 is 0 Å².